The van der Waals surface area contributed by atoms with Crippen LogP contribution in [0.15, 0.2) is 109 Å². The number of fused-ring (bicyclic) bond motifs is 2. The van der Waals surface area contributed by atoms with Crippen LogP contribution in [0.3, 0.4) is 0 Å². The van der Waals surface area contributed by atoms with E-state index in [0.717, 1.165) is 82.2 Å². The number of ether oxygens (including phenoxy) is 1. The number of thiophene rings is 1. The molecule has 17 heteroatoms. The van der Waals surface area contributed by atoms with Gasteiger partial charge in [-0.25, -0.2) is 15.0 Å². The van der Waals surface area contributed by atoms with Crippen molar-refractivity contribution in [1.29, 1.82) is 0 Å². The zero-order valence-electron chi connectivity index (χ0n) is 32.7. The van der Waals surface area contributed by atoms with Crippen molar-refractivity contribution in [3.8, 4) is 5.75 Å². The van der Waals surface area contributed by atoms with Gasteiger partial charge < -0.3 is 20.3 Å². The number of nitrogens with one attached hydrogen (secondary N) is 2. The van der Waals surface area contributed by atoms with Crippen molar-refractivity contribution in [3.63, 3.8) is 0 Å². The quantitative estimate of drug-likeness (QED) is 0.125. The fourth-order valence-electron chi connectivity index (χ4n) is 7.17. The number of carbonyl (C=O) groups is 1. The number of aromatic nitrogens is 4. The van der Waals surface area contributed by atoms with Crippen molar-refractivity contribution >= 4 is 56.2 Å². The first-order valence-electron chi connectivity index (χ1n) is 19.5. The molecule has 0 aliphatic carbocycles. The number of hydrogen-bond donors (Lipinski definition) is 2. The maximum absolute atomic E-state index is 13.0. The number of pyridine rings is 1. The number of alkyl halides is 6. The number of benzene rings is 3. The van der Waals surface area contributed by atoms with E-state index >= 15 is 0 Å². The molecule has 1 aliphatic heterocycles. The minimum absolute atomic E-state index is 0.200. The lowest BCUT2D eigenvalue weighted by molar-refractivity contribution is -0.274. The summed E-state index contributed by atoms with van der Waals surface area (Å²) in [6.45, 7) is 4.63. The van der Waals surface area contributed by atoms with Gasteiger partial charge in [-0.05, 0) is 108 Å². The molecule has 2 N–H and O–H groups in total. The molecule has 4 aromatic heterocycles. The van der Waals surface area contributed by atoms with Crippen molar-refractivity contribution in [2.45, 2.75) is 57.6 Å². The molecule has 318 valence electrons. The van der Waals surface area contributed by atoms with Crippen LogP contribution in [0.2, 0.25) is 5.02 Å². The Hall–Kier alpha value is -5.87. The molecular formula is C44H40ClF6N7O2S. The van der Waals surface area contributed by atoms with E-state index in [9.17, 15) is 31.1 Å². The maximum Gasteiger partial charge on any atom is 0.573 e. The third-order valence-electron chi connectivity index (χ3n) is 10.3. The fraction of sp³-hybridized carbons (Fsp3) is 0.273. The van der Waals surface area contributed by atoms with E-state index < -0.39 is 18.1 Å². The molecule has 0 unspecified atom stereocenters. The number of anilines is 2. The average Bonchev–Trinajstić information content (AvgIpc) is 3.88. The first-order chi connectivity index (χ1) is 29.2. The lowest BCUT2D eigenvalue weighted by atomic mass is 9.89. The zero-order valence-corrected chi connectivity index (χ0v) is 34.3. The number of amides is 1. The molecule has 1 aliphatic rings. The Labute approximate surface area is 356 Å². The molecule has 3 aromatic carbocycles. The average molecular weight is 880 g/mol. The highest BCUT2D eigenvalue weighted by atomic mass is 35.5. The van der Waals surface area contributed by atoms with E-state index in [0.29, 0.717) is 42.3 Å². The van der Waals surface area contributed by atoms with Gasteiger partial charge in [0.1, 0.15) is 34.1 Å². The number of nitrogens with zero attached hydrogens (tertiary/aromatic N) is 5. The van der Waals surface area contributed by atoms with Gasteiger partial charge in [-0.15, -0.1) is 24.5 Å². The summed E-state index contributed by atoms with van der Waals surface area (Å²) in [5.74, 6) is 0.635. The third-order valence-corrected chi connectivity index (χ3v) is 11.3. The highest BCUT2D eigenvalue weighted by molar-refractivity contribution is 7.16. The largest absolute Gasteiger partial charge is 0.573 e. The van der Waals surface area contributed by atoms with Crippen LogP contribution in [-0.4, -0.2) is 51.3 Å². The SMILES string of the molecule is CCc1nc2ccc(Cl)cn2c1C(=O)NCc1ccc(N2CCC(c3ccc(OC(F)(F)F)cc3)CC2)cc1.FC(F)(F)c1ccc(CCNc2ncnc3sccc23)cc1. The molecule has 0 saturated carbocycles. The number of rotatable bonds is 11. The van der Waals surface area contributed by atoms with E-state index in [1.165, 1.54) is 41.9 Å². The zero-order chi connectivity index (χ0) is 43.1. The highest BCUT2D eigenvalue weighted by Gasteiger charge is 2.31. The van der Waals surface area contributed by atoms with E-state index in [4.69, 9.17) is 11.6 Å². The van der Waals surface area contributed by atoms with Crippen LogP contribution in [-0.2, 0) is 25.6 Å². The Morgan fingerprint density at radius 3 is 2.26 bits per heavy atom. The molecule has 1 amide bonds. The summed E-state index contributed by atoms with van der Waals surface area (Å²) in [5, 5.41) is 9.63. The molecule has 0 bridgehead atoms. The number of hydrogen-bond acceptors (Lipinski definition) is 8. The van der Waals surface area contributed by atoms with Crippen molar-refractivity contribution in [3.05, 3.63) is 148 Å². The molecule has 1 fully saturated rings. The molecular weight excluding hydrogens is 840 g/mol. The number of imidazole rings is 1. The fourth-order valence-corrected chi connectivity index (χ4v) is 8.07. The van der Waals surface area contributed by atoms with Crippen molar-refractivity contribution in [2.24, 2.45) is 0 Å². The Morgan fingerprint density at radius 1 is 0.885 bits per heavy atom. The minimum atomic E-state index is -4.68. The maximum atomic E-state index is 13.0. The molecule has 0 radical (unpaired) electrons. The van der Waals surface area contributed by atoms with Crippen LogP contribution in [0.4, 0.5) is 37.8 Å². The molecule has 8 rings (SSSR count). The number of carbonyl (C=O) groups excluding carboxylic acids is 1. The van der Waals surface area contributed by atoms with E-state index in [1.807, 2.05) is 30.5 Å². The van der Waals surface area contributed by atoms with Crippen LogP contribution in [0.25, 0.3) is 15.9 Å². The summed E-state index contributed by atoms with van der Waals surface area (Å²) < 4.78 is 80.4. The molecule has 9 nitrogen and oxygen atoms in total. The van der Waals surface area contributed by atoms with Gasteiger partial charge >= 0.3 is 12.5 Å². The second-order valence-corrected chi connectivity index (χ2v) is 15.6. The van der Waals surface area contributed by atoms with Crippen molar-refractivity contribution in [1.82, 2.24) is 24.7 Å². The molecule has 7 aromatic rings. The van der Waals surface area contributed by atoms with Gasteiger partial charge in [0.2, 0.25) is 0 Å². The first kappa shape index (κ1) is 43.2. The van der Waals surface area contributed by atoms with E-state index in [2.05, 4.69) is 47.4 Å². The lowest BCUT2D eigenvalue weighted by Gasteiger charge is -2.34. The summed E-state index contributed by atoms with van der Waals surface area (Å²) in [4.78, 5) is 29.2. The Balaban J connectivity index is 0.000000215. The van der Waals surface area contributed by atoms with Crippen LogP contribution in [0.5, 0.6) is 5.75 Å². The summed E-state index contributed by atoms with van der Waals surface area (Å²) in [5.41, 5.74) is 5.22. The number of halogens is 7. The summed E-state index contributed by atoms with van der Waals surface area (Å²) >= 11 is 7.68. The summed E-state index contributed by atoms with van der Waals surface area (Å²) in [6.07, 6.45) is -2.72. The smallest absolute Gasteiger partial charge is 0.406 e. The van der Waals surface area contributed by atoms with Crippen LogP contribution < -0.4 is 20.3 Å². The van der Waals surface area contributed by atoms with Gasteiger partial charge in [-0.3, -0.25) is 9.20 Å². The van der Waals surface area contributed by atoms with Gasteiger partial charge in [0.15, 0.2) is 0 Å². The standard InChI is InChI=1S/C29H28ClF3N4O2.C15H12F3N3S/c1-2-25-27(37-18-22(30)7-12-26(37)35-25)28(38)34-17-19-3-8-23(9-4-19)36-15-13-21(14-16-36)20-5-10-24(11-6-20)39-29(31,32)33;16-15(17,18)11-3-1-10(2-4-11)5-7-19-13-12-6-8-22-14(12)21-9-20-13/h3-12,18,21H,2,13-17H2,1H3,(H,34,38);1-4,6,8-9H,5,7H2,(H,19,20,21). The van der Waals surface area contributed by atoms with E-state index in [-0.39, 0.29) is 17.6 Å². The van der Waals surface area contributed by atoms with Crippen LogP contribution in [0.1, 0.15) is 64.1 Å². The van der Waals surface area contributed by atoms with E-state index in [1.54, 1.807) is 34.9 Å². The predicted molar refractivity (Wildman–Crippen MR) is 226 cm³/mol. The Kier molecular flexibility index (Phi) is 13.3. The first-order valence-corrected chi connectivity index (χ1v) is 20.7. The second kappa shape index (κ2) is 18.8. The molecule has 5 heterocycles. The number of piperidine rings is 1. The second-order valence-electron chi connectivity index (χ2n) is 14.3. The normalized spacial score (nSPS) is 13.5. The molecule has 61 heavy (non-hydrogen) atoms. The third kappa shape index (κ3) is 11.1. The highest BCUT2D eigenvalue weighted by Crippen LogP contribution is 2.33. The van der Waals surface area contributed by atoms with Crippen molar-refractivity contribution in [2.75, 3.05) is 29.9 Å². The minimum Gasteiger partial charge on any atom is -0.406 e. The van der Waals surface area contributed by atoms with Gasteiger partial charge in [0, 0.05) is 38.1 Å². The summed E-state index contributed by atoms with van der Waals surface area (Å²) in [7, 11) is 0. The van der Waals surface area contributed by atoms with Crippen molar-refractivity contribution < 1.29 is 35.9 Å². The van der Waals surface area contributed by atoms with Crippen LogP contribution >= 0.6 is 22.9 Å². The molecule has 0 spiro atoms. The monoisotopic (exact) mass is 879 g/mol. The summed E-state index contributed by atoms with van der Waals surface area (Å²) in [6, 6.07) is 25.0. The van der Waals surface area contributed by atoms with Gasteiger partial charge in [-0.1, -0.05) is 54.9 Å². The molecule has 0 atom stereocenters. The Morgan fingerprint density at radius 2 is 1.59 bits per heavy atom. The topological polar surface area (TPSA) is 96.7 Å². The lowest BCUT2D eigenvalue weighted by Crippen LogP contribution is -2.32. The van der Waals surface area contributed by atoms with Gasteiger partial charge in [0.05, 0.1) is 21.7 Å². The van der Waals surface area contributed by atoms with Crippen LogP contribution in [0, 0.1) is 0 Å². The number of aryl methyl sites for hydroxylation is 1. The van der Waals surface area contributed by atoms with Gasteiger partial charge in [0.25, 0.3) is 5.91 Å². The Bertz CT molecular complexity index is 2550. The molecule has 1 saturated heterocycles. The van der Waals surface area contributed by atoms with Gasteiger partial charge in [-0.2, -0.15) is 13.2 Å². The predicted octanol–water partition coefficient (Wildman–Crippen LogP) is 11.1.